The highest BCUT2D eigenvalue weighted by Crippen LogP contribution is 2.27. The van der Waals surface area contributed by atoms with E-state index in [0.717, 1.165) is 29.2 Å². The Morgan fingerprint density at radius 3 is 2.56 bits per heavy atom. The van der Waals surface area contributed by atoms with E-state index in [0.29, 0.717) is 24.6 Å². The molecule has 4 rings (SSSR count). The van der Waals surface area contributed by atoms with Crippen LogP contribution in [0.2, 0.25) is 0 Å². The summed E-state index contributed by atoms with van der Waals surface area (Å²) in [5, 5.41) is 3.62. The van der Waals surface area contributed by atoms with Crippen molar-refractivity contribution in [3.63, 3.8) is 0 Å². The molecule has 1 saturated heterocycles. The molecule has 27 heavy (non-hydrogen) atoms. The highest BCUT2D eigenvalue weighted by Gasteiger charge is 2.21. The molecule has 4 heteroatoms. The lowest BCUT2D eigenvalue weighted by Crippen LogP contribution is -2.20. The van der Waals surface area contributed by atoms with Crippen molar-refractivity contribution in [1.29, 1.82) is 0 Å². The van der Waals surface area contributed by atoms with Crippen LogP contribution in [0.3, 0.4) is 0 Å². The van der Waals surface area contributed by atoms with Crippen molar-refractivity contribution in [1.82, 2.24) is 10.3 Å². The Labute approximate surface area is 160 Å². The third-order valence-corrected chi connectivity index (χ3v) is 5.18. The molecular weight excluding hydrogens is 336 g/mol. The van der Waals surface area contributed by atoms with Crippen molar-refractivity contribution in [2.24, 2.45) is 0 Å². The molecule has 0 aliphatic carbocycles. The fourth-order valence-electron chi connectivity index (χ4n) is 3.62. The van der Waals surface area contributed by atoms with E-state index in [9.17, 15) is 0 Å². The Morgan fingerprint density at radius 2 is 1.85 bits per heavy atom. The Hall–Kier alpha value is -2.59. The second-order valence-electron chi connectivity index (χ2n) is 7.25. The maximum Gasteiger partial charge on any atom is 0.226 e. The molecule has 0 spiro atoms. The zero-order valence-electron chi connectivity index (χ0n) is 15.9. The fraction of sp³-hybridized carbons (Fsp3) is 0.348. The van der Waals surface area contributed by atoms with Gasteiger partial charge in [0.15, 0.2) is 0 Å². The number of benzene rings is 2. The van der Waals surface area contributed by atoms with E-state index >= 15 is 0 Å². The van der Waals surface area contributed by atoms with Gasteiger partial charge in [0.2, 0.25) is 5.89 Å². The van der Waals surface area contributed by atoms with Gasteiger partial charge >= 0.3 is 0 Å². The van der Waals surface area contributed by atoms with Crippen molar-refractivity contribution in [2.45, 2.75) is 45.2 Å². The number of hydrogen-bond acceptors (Lipinski definition) is 4. The summed E-state index contributed by atoms with van der Waals surface area (Å²) in [5.74, 6) is 2.43. The Bertz CT molecular complexity index is 871. The first-order valence-corrected chi connectivity index (χ1v) is 9.69. The maximum atomic E-state index is 5.92. The van der Waals surface area contributed by atoms with Crippen molar-refractivity contribution >= 4 is 0 Å². The summed E-state index contributed by atoms with van der Waals surface area (Å²) in [5.41, 5.74) is 3.29. The molecule has 1 N–H and O–H groups in total. The fourth-order valence-corrected chi connectivity index (χ4v) is 3.62. The number of nitrogens with zero attached hydrogens (tertiary/aromatic N) is 1. The van der Waals surface area contributed by atoms with Crippen molar-refractivity contribution < 1.29 is 9.15 Å². The van der Waals surface area contributed by atoms with Gasteiger partial charge in [0, 0.05) is 24.1 Å². The van der Waals surface area contributed by atoms with Gasteiger partial charge in [-0.3, -0.25) is 0 Å². The molecule has 0 saturated carbocycles. The van der Waals surface area contributed by atoms with Gasteiger partial charge in [0.25, 0.3) is 0 Å². The Kier molecular flexibility index (Phi) is 5.26. The Morgan fingerprint density at radius 1 is 1.07 bits per heavy atom. The summed E-state index contributed by atoms with van der Waals surface area (Å²) in [6.07, 6.45) is 3.17. The molecule has 4 nitrogen and oxygen atoms in total. The summed E-state index contributed by atoms with van der Waals surface area (Å²) >= 11 is 0. The first-order valence-electron chi connectivity index (χ1n) is 9.69. The minimum absolute atomic E-state index is 0.475. The predicted octanol–water partition coefficient (Wildman–Crippen LogP) is 5.08. The SMILES string of the molecule is Cc1oc(-c2ccccc2)nc1CCOc1ccc(C2CCC(C)N2)cc1. The van der Waals surface area contributed by atoms with Crippen LogP contribution in [0.5, 0.6) is 5.75 Å². The standard InChI is InChI=1S/C23H26N2O2/c1-16-8-13-22(24-16)18-9-11-20(12-10-18)26-15-14-21-17(2)27-23(25-21)19-6-4-3-5-7-19/h3-7,9-12,16,22,24H,8,13-15H2,1-2H3. The van der Waals surface area contributed by atoms with Crippen LogP contribution >= 0.6 is 0 Å². The number of aromatic nitrogens is 1. The van der Waals surface area contributed by atoms with Crippen LogP contribution in [-0.2, 0) is 6.42 Å². The van der Waals surface area contributed by atoms with Gasteiger partial charge in [-0.2, -0.15) is 0 Å². The molecule has 1 fully saturated rings. The second kappa shape index (κ2) is 7.97. The molecule has 0 bridgehead atoms. The maximum absolute atomic E-state index is 5.92. The van der Waals surface area contributed by atoms with E-state index in [4.69, 9.17) is 9.15 Å². The lowest BCUT2D eigenvalue weighted by molar-refractivity contribution is 0.319. The van der Waals surface area contributed by atoms with E-state index in [1.807, 2.05) is 37.3 Å². The van der Waals surface area contributed by atoms with Gasteiger partial charge < -0.3 is 14.5 Å². The summed E-state index contributed by atoms with van der Waals surface area (Å²) in [7, 11) is 0. The normalized spacial score (nSPS) is 19.3. The van der Waals surface area contributed by atoms with Gasteiger partial charge in [-0.25, -0.2) is 4.98 Å². The highest BCUT2D eigenvalue weighted by atomic mass is 16.5. The van der Waals surface area contributed by atoms with E-state index in [2.05, 4.69) is 41.5 Å². The van der Waals surface area contributed by atoms with Gasteiger partial charge in [0.05, 0.1) is 12.3 Å². The quantitative estimate of drug-likeness (QED) is 0.664. The van der Waals surface area contributed by atoms with Crippen molar-refractivity contribution in [3.8, 4) is 17.2 Å². The van der Waals surface area contributed by atoms with Crippen LogP contribution in [-0.4, -0.2) is 17.6 Å². The summed E-state index contributed by atoms with van der Waals surface area (Å²) < 4.78 is 11.7. The lowest BCUT2D eigenvalue weighted by atomic mass is 10.1. The molecule has 1 aromatic heterocycles. The van der Waals surface area contributed by atoms with Crippen LogP contribution in [0, 0.1) is 6.92 Å². The second-order valence-corrected chi connectivity index (χ2v) is 7.25. The molecule has 3 aromatic rings. The molecule has 140 valence electrons. The van der Waals surface area contributed by atoms with Crippen LogP contribution in [0.15, 0.2) is 59.0 Å². The van der Waals surface area contributed by atoms with Crippen LogP contribution < -0.4 is 10.1 Å². The predicted molar refractivity (Wildman–Crippen MR) is 107 cm³/mol. The molecular formula is C23H26N2O2. The summed E-state index contributed by atoms with van der Waals surface area (Å²) in [4.78, 5) is 4.63. The lowest BCUT2D eigenvalue weighted by Gasteiger charge is -2.13. The number of oxazole rings is 1. The number of rotatable bonds is 6. The molecule has 2 aromatic carbocycles. The smallest absolute Gasteiger partial charge is 0.226 e. The number of ether oxygens (including phenoxy) is 1. The third kappa shape index (κ3) is 4.22. The zero-order chi connectivity index (χ0) is 18.6. The molecule has 0 amide bonds. The van der Waals surface area contributed by atoms with Crippen LogP contribution in [0.1, 0.15) is 42.8 Å². The molecule has 1 aliphatic rings. The van der Waals surface area contributed by atoms with E-state index in [1.165, 1.54) is 18.4 Å². The third-order valence-electron chi connectivity index (χ3n) is 5.18. The van der Waals surface area contributed by atoms with E-state index in [-0.39, 0.29) is 0 Å². The molecule has 2 atom stereocenters. The molecule has 0 radical (unpaired) electrons. The van der Waals surface area contributed by atoms with Crippen molar-refractivity contribution in [2.75, 3.05) is 6.61 Å². The average molecular weight is 362 g/mol. The Balaban J connectivity index is 1.33. The van der Waals surface area contributed by atoms with E-state index in [1.54, 1.807) is 0 Å². The number of aryl methyl sites for hydroxylation is 1. The van der Waals surface area contributed by atoms with E-state index < -0.39 is 0 Å². The summed E-state index contributed by atoms with van der Waals surface area (Å²) in [6, 6.07) is 19.5. The molecule has 2 unspecified atom stereocenters. The zero-order valence-corrected chi connectivity index (χ0v) is 15.9. The molecule has 1 aliphatic heterocycles. The molecule has 2 heterocycles. The van der Waals surface area contributed by atoms with Gasteiger partial charge in [-0.15, -0.1) is 0 Å². The van der Waals surface area contributed by atoms with Gasteiger partial charge in [-0.05, 0) is 56.5 Å². The van der Waals surface area contributed by atoms with Gasteiger partial charge in [0.1, 0.15) is 11.5 Å². The monoisotopic (exact) mass is 362 g/mol. The minimum Gasteiger partial charge on any atom is -0.493 e. The first kappa shape index (κ1) is 17.8. The average Bonchev–Trinajstić information content (AvgIpc) is 3.29. The topological polar surface area (TPSA) is 47.3 Å². The van der Waals surface area contributed by atoms with Crippen LogP contribution in [0.25, 0.3) is 11.5 Å². The van der Waals surface area contributed by atoms with Gasteiger partial charge in [-0.1, -0.05) is 30.3 Å². The highest BCUT2D eigenvalue weighted by molar-refractivity contribution is 5.53. The number of hydrogen-bond donors (Lipinski definition) is 1. The number of nitrogens with one attached hydrogen (secondary N) is 1. The summed E-state index contributed by atoms with van der Waals surface area (Å²) in [6.45, 7) is 4.78. The van der Waals surface area contributed by atoms with Crippen LogP contribution in [0.4, 0.5) is 0 Å². The minimum atomic E-state index is 0.475. The first-order chi connectivity index (χ1) is 13.2. The largest absolute Gasteiger partial charge is 0.493 e. The van der Waals surface area contributed by atoms with Crippen molar-refractivity contribution in [3.05, 3.63) is 71.6 Å².